The van der Waals surface area contributed by atoms with Crippen molar-refractivity contribution >= 4 is 29.1 Å². The van der Waals surface area contributed by atoms with Crippen LogP contribution in [0.15, 0.2) is 36.7 Å². The van der Waals surface area contributed by atoms with E-state index in [2.05, 4.69) is 20.2 Å². The summed E-state index contributed by atoms with van der Waals surface area (Å²) < 4.78 is 0. The summed E-state index contributed by atoms with van der Waals surface area (Å²) in [7, 11) is 5.91. The standard InChI is InChI=1S/C19H25ClN6O/c1-24(2)16(14-4-6-15(20)7-5-14)11-21-17-10-18(23-13-22-17)26-9-8-25(3)19(27)12-26/h4-7,10,13,16H,8-9,11-12H2,1-3H3,(H,21,22,23). The van der Waals surface area contributed by atoms with Crippen molar-refractivity contribution in [2.45, 2.75) is 6.04 Å². The van der Waals surface area contributed by atoms with Crippen LogP contribution in [-0.2, 0) is 4.79 Å². The third kappa shape index (κ3) is 4.87. The number of benzene rings is 1. The molecule has 1 aliphatic heterocycles. The summed E-state index contributed by atoms with van der Waals surface area (Å²) in [6.45, 7) is 2.50. The fourth-order valence-electron chi connectivity index (χ4n) is 3.06. The molecule has 3 rings (SSSR count). The van der Waals surface area contributed by atoms with E-state index in [0.717, 1.165) is 23.2 Å². The summed E-state index contributed by atoms with van der Waals surface area (Å²) in [5.41, 5.74) is 1.18. The molecular weight excluding hydrogens is 364 g/mol. The lowest BCUT2D eigenvalue weighted by molar-refractivity contribution is -0.129. The Morgan fingerprint density at radius 2 is 1.96 bits per heavy atom. The summed E-state index contributed by atoms with van der Waals surface area (Å²) in [5, 5.41) is 4.12. The SMILES string of the molecule is CN1CCN(c2cc(NCC(c3ccc(Cl)cc3)N(C)C)ncn2)CC1=O. The van der Waals surface area contributed by atoms with Crippen molar-refractivity contribution < 1.29 is 4.79 Å². The van der Waals surface area contributed by atoms with Gasteiger partial charge in [-0.25, -0.2) is 9.97 Å². The quantitative estimate of drug-likeness (QED) is 0.817. The summed E-state index contributed by atoms with van der Waals surface area (Å²) in [5.74, 6) is 1.61. The first-order chi connectivity index (χ1) is 12.9. The van der Waals surface area contributed by atoms with Crippen LogP contribution in [0.3, 0.4) is 0 Å². The predicted molar refractivity (Wildman–Crippen MR) is 108 cm³/mol. The predicted octanol–water partition coefficient (Wildman–Crippen LogP) is 2.12. The van der Waals surface area contributed by atoms with Gasteiger partial charge in [-0.2, -0.15) is 0 Å². The van der Waals surface area contributed by atoms with Crippen LogP contribution >= 0.6 is 11.6 Å². The van der Waals surface area contributed by atoms with Crippen LogP contribution < -0.4 is 10.2 Å². The number of carbonyl (C=O) groups is 1. The minimum atomic E-state index is 0.102. The number of likely N-dealkylation sites (N-methyl/N-ethyl adjacent to an activating group) is 2. The van der Waals surface area contributed by atoms with Crippen molar-refractivity contribution in [1.29, 1.82) is 0 Å². The second kappa shape index (κ2) is 8.54. The Morgan fingerprint density at radius 1 is 1.22 bits per heavy atom. The molecule has 8 heteroatoms. The molecule has 0 bridgehead atoms. The zero-order valence-corrected chi connectivity index (χ0v) is 16.6. The number of piperazine rings is 1. The first kappa shape index (κ1) is 19.4. The molecule has 0 spiro atoms. The van der Waals surface area contributed by atoms with Crippen molar-refractivity contribution in [2.24, 2.45) is 0 Å². The molecule has 1 aromatic heterocycles. The number of hydrogen-bond donors (Lipinski definition) is 1. The van der Waals surface area contributed by atoms with Gasteiger partial charge < -0.3 is 20.0 Å². The average molecular weight is 389 g/mol. The number of carbonyl (C=O) groups excluding carboxylic acids is 1. The lowest BCUT2D eigenvalue weighted by Gasteiger charge is -2.32. The zero-order valence-electron chi connectivity index (χ0n) is 15.9. The Morgan fingerprint density at radius 3 is 2.63 bits per heavy atom. The molecule has 2 aromatic rings. The van der Waals surface area contributed by atoms with E-state index in [-0.39, 0.29) is 11.9 Å². The number of nitrogens with zero attached hydrogens (tertiary/aromatic N) is 5. The van der Waals surface area contributed by atoms with E-state index in [1.165, 1.54) is 11.9 Å². The second-order valence-electron chi connectivity index (χ2n) is 6.91. The van der Waals surface area contributed by atoms with Crippen LogP contribution in [0.25, 0.3) is 0 Å². The molecule has 1 atom stereocenters. The van der Waals surface area contributed by atoms with E-state index < -0.39 is 0 Å². The number of hydrogen-bond acceptors (Lipinski definition) is 6. The molecule has 144 valence electrons. The Hall–Kier alpha value is -2.38. The van der Waals surface area contributed by atoms with Crippen LogP contribution in [0, 0.1) is 0 Å². The van der Waals surface area contributed by atoms with Crippen LogP contribution in [0.2, 0.25) is 5.02 Å². The van der Waals surface area contributed by atoms with Gasteiger partial charge in [-0.05, 0) is 31.8 Å². The number of aromatic nitrogens is 2. The van der Waals surface area contributed by atoms with Crippen molar-refractivity contribution in [3.05, 3.63) is 47.2 Å². The van der Waals surface area contributed by atoms with Crippen molar-refractivity contribution in [2.75, 3.05) is 57.5 Å². The van der Waals surface area contributed by atoms with Crippen LogP contribution in [0.4, 0.5) is 11.6 Å². The lowest BCUT2D eigenvalue weighted by atomic mass is 10.1. The van der Waals surface area contributed by atoms with Gasteiger partial charge in [0.1, 0.15) is 18.0 Å². The highest BCUT2D eigenvalue weighted by Crippen LogP contribution is 2.22. The molecule has 1 N–H and O–H groups in total. The monoisotopic (exact) mass is 388 g/mol. The van der Waals surface area contributed by atoms with Gasteiger partial charge in [0.25, 0.3) is 0 Å². The van der Waals surface area contributed by atoms with Crippen molar-refractivity contribution in [3.63, 3.8) is 0 Å². The molecule has 1 amide bonds. The maximum absolute atomic E-state index is 11.9. The first-order valence-corrected chi connectivity index (χ1v) is 9.28. The Labute approximate surface area is 165 Å². The van der Waals surface area contributed by atoms with Crippen LogP contribution in [0.1, 0.15) is 11.6 Å². The van der Waals surface area contributed by atoms with Gasteiger partial charge in [0.15, 0.2) is 0 Å². The van der Waals surface area contributed by atoms with Gasteiger partial charge in [0.05, 0.1) is 12.6 Å². The highest BCUT2D eigenvalue weighted by atomic mass is 35.5. The largest absolute Gasteiger partial charge is 0.368 e. The van der Waals surface area contributed by atoms with Gasteiger partial charge in [-0.3, -0.25) is 4.79 Å². The molecule has 1 unspecified atom stereocenters. The Kier molecular flexibility index (Phi) is 6.13. The minimum Gasteiger partial charge on any atom is -0.368 e. The number of amides is 1. The highest BCUT2D eigenvalue weighted by molar-refractivity contribution is 6.30. The van der Waals surface area contributed by atoms with E-state index in [1.54, 1.807) is 4.90 Å². The third-order valence-corrected chi connectivity index (χ3v) is 5.04. The van der Waals surface area contributed by atoms with Gasteiger partial charge >= 0.3 is 0 Å². The highest BCUT2D eigenvalue weighted by Gasteiger charge is 2.22. The molecular formula is C19H25ClN6O. The molecule has 1 fully saturated rings. The topological polar surface area (TPSA) is 64.6 Å². The van der Waals surface area contributed by atoms with Crippen LogP contribution in [-0.4, -0.2) is 73.0 Å². The molecule has 27 heavy (non-hydrogen) atoms. The molecule has 1 aromatic carbocycles. The number of halogens is 1. The first-order valence-electron chi connectivity index (χ1n) is 8.91. The Balaban J connectivity index is 1.68. The third-order valence-electron chi connectivity index (χ3n) is 4.79. The van der Waals surface area contributed by atoms with Crippen molar-refractivity contribution in [1.82, 2.24) is 19.8 Å². The van der Waals surface area contributed by atoms with E-state index in [9.17, 15) is 4.79 Å². The number of nitrogens with one attached hydrogen (secondary N) is 1. The summed E-state index contributed by atoms with van der Waals surface area (Å²) in [6.07, 6.45) is 1.54. The number of anilines is 2. The second-order valence-corrected chi connectivity index (χ2v) is 7.35. The van der Waals surface area contributed by atoms with Gasteiger partial charge in [-0.1, -0.05) is 23.7 Å². The molecule has 1 saturated heterocycles. The molecule has 7 nitrogen and oxygen atoms in total. The Bertz CT molecular complexity index is 782. The smallest absolute Gasteiger partial charge is 0.241 e. The van der Waals surface area contributed by atoms with E-state index in [4.69, 9.17) is 11.6 Å². The molecule has 1 aliphatic rings. The fraction of sp³-hybridized carbons (Fsp3) is 0.421. The lowest BCUT2D eigenvalue weighted by Crippen LogP contribution is -2.48. The molecule has 0 radical (unpaired) electrons. The van der Waals surface area contributed by atoms with Gasteiger partial charge in [0.2, 0.25) is 5.91 Å². The fourth-order valence-corrected chi connectivity index (χ4v) is 3.18. The van der Waals surface area contributed by atoms with E-state index >= 15 is 0 Å². The van der Waals surface area contributed by atoms with Gasteiger partial charge in [0, 0.05) is 37.8 Å². The van der Waals surface area contributed by atoms with E-state index in [0.29, 0.717) is 19.6 Å². The summed E-state index contributed by atoms with van der Waals surface area (Å²) >= 11 is 6.00. The maximum atomic E-state index is 11.9. The minimum absolute atomic E-state index is 0.102. The molecule has 2 heterocycles. The van der Waals surface area contributed by atoms with Crippen molar-refractivity contribution in [3.8, 4) is 0 Å². The molecule has 0 saturated carbocycles. The normalized spacial score (nSPS) is 16.0. The molecule has 0 aliphatic carbocycles. The maximum Gasteiger partial charge on any atom is 0.241 e. The summed E-state index contributed by atoms with van der Waals surface area (Å²) in [6, 6.07) is 9.95. The van der Waals surface area contributed by atoms with E-state index in [1.807, 2.05) is 56.4 Å². The number of rotatable bonds is 6. The van der Waals surface area contributed by atoms with Crippen LogP contribution in [0.5, 0.6) is 0 Å². The zero-order chi connectivity index (χ0) is 19.4. The average Bonchev–Trinajstić information content (AvgIpc) is 2.65. The summed E-state index contributed by atoms with van der Waals surface area (Å²) in [4.78, 5) is 26.5. The van der Waals surface area contributed by atoms with Gasteiger partial charge in [-0.15, -0.1) is 0 Å².